The zero-order chi connectivity index (χ0) is 10.6. The first-order valence-electron chi connectivity index (χ1n) is 4.85. The van der Waals surface area contributed by atoms with Crippen LogP contribution in [-0.2, 0) is 6.42 Å². The number of hydrogen-bond acceptors (Lipinski definition) is 2. The Morgan fingerprint density at radius 1 is 1.14 bits per heavy atom. The standard InChI is InChI=1S/C11H15ClO2/c1-2-3-4-5-8-6-9(13)11(12)10(14)7-8/h6-7,13-14H,2-5H2,1H3. The molecule has 0 saturated heterocycles. The van der Waals surface area contributed by atoms with Crippen LogP contribution >= 0.6 is 11.6 Å². The number of aryl methyl sites for hydroxylation is 1. The lowest BCUT2D eigenvalue weighted by Gasteiger charge is -2.05. The highest BCUT2D eigenvalue weighted by Crippen LogP contribution is 2.33. The van der Waals surface area contributed by atoms with E-state index in [4.69, 9.17) is 11.6 Å². The van der Waals surface area contributed by atoms with Crippen LogP contribution in [0, 0.1) is 0 Å². The number of aromatic hydroxyl groups is 2. The second-order valence-electron chi connectivity index (χ2n) is 3.41. The van der Waals surface area contributed by atoms with E-state index in [2.05, 4.69) is 6.92 Å². The maximum Gasteiger partial charge on any atom is 0.138 e. The molecule has 14 heavy (non-hydrogen) atoms. The lowest BCUT2D eigenvalue weighted by Crippen LogP contribution is -1.86. The fourth-order valence-electron chi connectivity index (χ4n) is 1.37. The van der Waals surface area contributed by atoms with Crippen LogP contribution in [0.15, 0.2) is 12.1 Å². The summed E-state index contributed by atoms with van der Waals surface area (Å²) in [6, 6.07) is 3.22. The third-order valence-electron chi connectivity index (χ3n) is 2.16. The summed E-state index contributed by atoms with van der Waals surface area (Å²) in [6.45, 7) is 2.14. The van der Waals surface area contributed by atoms with Gasteiger partial charge in [-0.05, 0) is 30.5 Å². The van der Waals surface area contributed by atoms with Crippen LogP contribution < -0.4 is 0 Å². The Morgan fingerprint density at radius 2 is 1.71 bits per heavy atom. The summed E-state index contributed by atoms with van der Waals surface area (Å²) in [4.78, 5) is 0. The van der Waals surface area contributed by atoms with Crippen LogP contribution in [0.1, 0.15) is 31.7 Å². The summed E-state index contributed by atoms with van der Waals surface area (Å²) < 4.78 is 0. The van der Waals surface area contributed by atoms with Crippen molar-refractivity contribution in [2.45, 2.75) is 32.6 Å². The van der Waals surface area contributed by atoms with E-state index in [1.54, 1.807) is 12.1 Å². The van der Waals surface area contributed by atoms with E-state index in [1.165, 1.54) is 0 Å². The van der Waals surface area contributed by atoms with Gasteiger partial charge in [-0.1, -0.05) is 31.4 Å². The molecule has 1 aromatic carbocycles. The zero-order valence-electron chi connectivity index (χ0n) is 8.26. The van der Waals surface area contributed by atoms with Crippen LogP contribution in [-0.4, -0.2) is 10.2 Å². The Morgan fingerprint density at radius 3 is 2.21 bits per heavy atom. The minimum Gasteiger partial charge on any atom is -0.506 e. The molecule has 0 atom stereocenters. The molecule has 2 N–H and O–H groups in total. The van der Waals surface area contributed by atoms with Gasteiger partial charge < -0.3 is 10.2 Å². The molecular formula is C11H15ClO2. The third-order valence-corrected chi connectivity index (χ3v) is 2.55. The largest absolute Gasteiger partial charge is 0.506 e. The van der Waals surface area contributed by atoms with Gasteiger partial charge in [0, 0.05) is 0 Å². The molecule has 3 heteroatoms. The van der Waals surface area contributed by atoms with Crippen LogP contribution in [0.2, 0.25) is 5.02 Å². The molecule has 0 bridgehead atoms. The Labute approximate surface area is 89.1 Å². The van der Waals surface area contributed by atoms with Crippen molar-refractivity contribution in [2.75, 3.05) is 0 Å². The number of halogens is 1. The van der Waals surface area contributed by atoms with E-state index in [1.807, 2.05) is 0 Å². The molecule has 0 heterocycles. The monoisotopic (exact) mass is 214 g/mol. The first-order chi connectivity index (χ1) is 6.65. The molecule has 0 aliphatic heterocycles. The Hall–Kier alpha value is -0.890. The van der Waals surface area contributed by atoms with Crippen molar-refractivity contribution >= 4 is 11.6 Å². The number of phenols is 2. The molecule has 0 fully saturated rings. The quantitative estimate of drug-likeness (QED) is 0.754. The summed E-state index contributed by atoms with van der Waals surface area (Å²) in [5.41, 5.74) is 0.929. The van der Waals surface area contributed by atoms with Crippen LogP contribution in [0.25, 0.3) is 0 Å². The van der Waals surface area contributed by atoms with Gasteiger partial charge in [0.25, 0.3) is 0 Å². The van der Waals surface area contributed by atoms with Crippen molar-refractivity contribution < 1.29 is 10.2 Å². The van der Waals surface area contributed by atoms with Crippen molar-refractivity contribution in [1.82, 2.24) is 0 Å². The van der Waals surface area contributed by atoms with Gasteiger partial charge in [0.05, 0.1) is 0 Å². The highest BCUT2D eigenvalue weighted by atomic mass is 35.5. The van der Waals surface area contributed by atoms with Gasteiger partial charge in [0.1, 0.15) is 16.5 Å². The molecule has 1 aromatic rings. The molecule has 1 rings (SSSR count). The Balaban J connectivity index is 2.69. The molecule has 0 aliphatic rings. The van der Waals surface area contributed by atoms with E-state index < -0.39 is 0 Å². The van der Waals surface area contributed by atoms with Crippen molar-refractivity contribution in [3.63, 3.8) is 0 Å². The summed E-state index contributed by atoms with van der Waals surface area (Å²) in [5, 5.41) is 18.7. The first-order valence-corrected chi connectivity index (χ1v) is 5.23. The number of benzene rings is 1. The van der Waals surface area contributed by atoms with E-state index in [0.29, 0.717) is 0 Å². The number of rotatable bonds is 4. The highest BCUT2D eigenvalue weighted by Gasteiger charge is 2.06. The SMILES string of the molecule is CCCCCc1cc(O)c(Cl)c(O)c1. The fraction of sp³-hybridized carbons (Fsp3) is 0.455. The van der Waals surface area contributed by atoms with E-state index in [0.717, 1.165) is 31.2 Å². The molecule has 0 aliphatic carbocycles. The van der Waals surface area contributed by atoms with Gasteiger partial charge >= 0.3 is 0 Å². The summed E-state index contributed by atoms with van der Waals surface area (Å²) in [6.07, 6.45) is 4.25. The first kappa shape index (κ1) is 11.2. The summed E-state index contributed by atoms with van der Waals surface area (Å²) in [7, 11) is 0. The lowest BCUT2D eigenvalue weighted by atomic mass is 10.1. The molecule has 0 saturated carbocycles. The number of unbranched alkanes of at least 4 members (excludes halogenated alkanes) is 2. The average Bonchev–Trinajstić information content (AvgIpc) is 2.14. The topological polar surface area (TPSA) is 40.5 Å². The number of hydrogen-bond donors (Lipinski definition) is 2. The Kier molecular flexibility index (Phi) is 4.08. The van der Waals surface area contributed by atoms with Crippen LogP contribution in [0.5, 0.6) is 11.5 Å². The lowest BCUT2D eigenvalue weighted by molar-refractivity contribution is 0.449. The Bertz CT molecular complexity index is 287. The molecule has 2 nitrogen and oxygen atoms in total. The summed E-state index contributed by atoms with van der Waals surface area (Å²) >= 11 is 5.61. The van der Waals surface area contributed by atoms with Crippen LogP contribution in [0.3, 0.4) is 0 Å². The predicted molar refractivity (Wildman–Crippen MR) is 58.0 cm³/mol. The molecule has 78 valence electrons. The maximum absolute atomic E-state index is 9.35. The van der Waals surface area contributed by atoms with E-state index >= 15 is 0 Å². The van der Waals surface area contributed by atoms with Crippen molar-refractivity contribution in [3.05, 3.63) is 22.7 Å². The van der Waals surface area contributed by atoms with Crippen LogP contribution in [0.4, 0.5) is 0 Å². The van der Waals surface area contributed by atoms with E-state index in [9.17, 15) is 10.2 Å². The van der Waals surface area contributed by atoms with Gasteiger partial charge in [-0.2, -0.15) is 0 Å². The molecule has 0 spiro atoms. The highest BCUT2D eigenvalue weighted by molar-refractivity contribution is 6.33. The van der Waals surface area contributed by atoms with Gasteiger partial charge in [0.15, 0.2) is 0 Å². The molecular weight excluding hydrogens is 200 g/mol. The van der Waals surface area contributed by atoms with Crippen molar-refractivity contribution in [1.29, 1.82) is 0 Å². The minimum atomic E-state index is -0.0434. The average molecular weight is 215 g/mol. The fourth-order valence-corrected chi connectivity index (χ4v) is 1.48. The van der Waals surface area contributed by atoms with Gasteiger partial charge in [-0.25, -0.2) is 0 Å². The van der Waals surface area contributed by atoms with Crippen molar-refractivity contribution in [3.8, 4) is 11.5 Å². The zero-order valence-corrected chi connectivity index (χ0v) is 9.01. The molecule has 0 radical (unpaired) electrons. The summed E-state index contributed by atoms with van der Waals surface area (Å²) in [5.74, 6) is -0.0867. The van der Waals surface area contributed by atoms with Crippen molar-refractivity contribution in [2.24, 2.45) is 0 Å². The second kappa shape index (κ2) is 5.11. The molecule has 0 unspecified atom stereocenters. The smallest absolute Gasteiger partial charge is 0.138 e. The minimum absolute atomic E-state index is 0.0317. The predicted octanol–water partition coefficient (Wildman–Crippen LogP) is 3.48. The second-order valence-corrected chi connectivity index (χ2v) is 3.78. The van der Waals surface area contributed by atoms with E-state index in [-0.39, 0.29) is 16.5 Å². The number of phenolic OH excluding ortho intramolecular Hbond substituents is 2. The maximum atomic E-state index is 9.35. The van der Waals surface area contributed by atoms with Gasteiger partial charge in [0.2, 0.25) is 0 Å². The molecule has 0 aromatic heterocycles. The normalized spacial score (nSPS) is 10.4. The van der Waals surface area contributed by atoms with Gasteiger partial charge in [-0.15, -0.1) is 0 Å². The molecule has 0 amide bonds. The third kappa shape index (κ3) is 2.81. The van der Waals surface area contributed by atoms with Gasteiger partial charge in [-0.3, -0.25) is 0 Å².